The van der Waals surface area contributed by atoms with Crippen molar-refractivity contribution >= 4 is 22.9 Å². The van der Waals surface area contributed by atoms with Crippen molar-refractivity contribution in [1.82, 2.24) is 34.6 Å². The first-order valence-electron chi connectivity index (χ1n) is 11.3. The molecule has 0 saturated heterocycles. The van der Waals surface area contributed by atoms with E-state index in [-0.39, 0.29) is 11.4 Å². The van der Waals surface area contributed by atoms with Crippen LogP contribution in [0.1, 0.15) is 36.8 Å². The van der Waals surface area contributed by atoms with Crippen molar-refractivity contribution in [3.63, 3.8) is 0 Å². The van der Waals surface area contributed by atoms with Crippen LogP contribution in [0, 0.1) is 0 Å². The molecular weight excluding hydrogens is 432 g/mol. The van der Waals surface area contributed by atoms with E-state index in [0.29, 0.717) is 35.7 Å². The first-order valence-corrected chi connectivity index (χ1v) is 11.3. The first-order chi connectivity index (χ1) is 16.3. The smallest absolute Gasteiger partial charge is 0.252 e. The zero-order chi connectivity index (χ0) is 24.0. The number of nitrogens with zero attached hydrogens (tertiary/aromatic N) is 7. The molecule has 34 heavy (non-hydrogen) atoms. The molecule has 0 unspecified atom stereocenters. The molecule has 0 atom stereocenters. The number of likely N-dealkylation sites (N-methyl/N-ethyl adjacent to an activating group) is 1. The molecule has 1 amide bonds. The van der Waals surface area contributed by atoms with Gasteiger partial charge in [-0.05, 0) is 39.0 Å². The highest BCUT2D eigenvalue weighted by molar-refractivity contribution is 5.96. The standard InChI is InChI=1S/C24H28N8O2/c1-6-32-22-19(34-14-24(32,2)3)10-15(11-27-22)20-28-18-9-16(23(33)25-4)12-26-21(18)31(20)13-17-7-8-30(5)29-17/h7-12H,6,13-14H2,1-5H3,(H,25,33). The third-order valence-corrected chi connectivity index (χ3v) is 6.14. The average molecular weight is 461 g/mol. The van der Waals surface area contributed by atoms with Crippen LogP contribution < -0.4 is 15.0 Å². The van der Waals surface area contributed by atoms with E-state index in [1.165, 1.54) is 0 Å². The Hall–Kier alpha value is -3.95. The molecule has 0 bridgehead atoms. The highest BCUT2D eigenvalue weighted by atomic mass is 16.5. The van der Waals surface area contributed by atoms with Crippen molar-refractivity contribution in [2.45, 2.75) is 32.9 Å². The summed E-state index contributed by atoms with van der Waals surface area (Å²) in [5, 5.41) is 7.16. The number of carbonyl (C=O) groups excluding carboxylic acids is 1. The van der Waals surface area contributed by atoms with E-state index in [0.717, 1.165) is 29.4 Å². The molecule has 0 fully saturated rings. The van der Waals surface area contributed by atoms with Gasteiger partial charge >= 0.3 is 0 Å². The molecule has 1 aliphatic rings. The number of ether oxygens (including phenoxy) is 1. The first kappa shape index (κ1) is 21.9. The molecule has 4 aromatic rings. The van der Waals surface area contributed by atoms with Crippen LogP contribution in [-0.2, 0) is 13.6 Å². The van der Waals surface area contributed by atoms with Crippen molar-refractivity contribution in [3.05, 3.63) is 48.0 Å². The lowest BCUT2D eigenvalue weighted by molar-refractivity contribution is 0.0963. The molecule has 10 heteroatoms. The van der Waals surface area contributed by atoms with Gasteiger partial charge in [0.05, 0.1) is 23.3 Å². The number of amides is 1. The molecule has 5 rings (SSSR count). The SMILES string of the molecule is CCN1c2ncc(-c3nc4cc(C(=O)NC)cnc4n3Cc3ccn(C)n3)cc2OCC1(C)C. The number of aromatic nitrogens is 6. The molecule has 0 spiro atoms. The summed E-state index contributed by atoms with van der Waals surface area (Å²) >= 11 is 0. The van der Waals surface area contributed by atoms with Crippen LogP contribution in [-0.4, -0.2) is 60.9 Å². The molecule has 0 saturated carbocycles. The lowest BCUT2D eigenvalue weighted by Gasteiger charge is -2.43. The van der Waals surface area contributed by atoms with Crippen molar-refractivity contribution in [2.75, 3.05) is 25.1 Å². The summed E-state index contributed by atoms with van der Waals surface area (Å²) in [7, 11) is 3.48. The number of carbonyl (C=O) groups is 1. The fourth-order valence-electron chi connectivity index (χ4n) is 4.42. The molecule has 176 valence electrons. The molecular formula is C24H28N8O2. The number of fused-ring (bicyclic) bond motifs is 2. The number of pyridine rings is 2. The molecule has 0 radical (unpaired) electrons. The Morgan fingerprint density at radius 2 is 2.06 bits per heavy atom. The largest absolute Gasteiger partial charge is 0.487 e. The summed E-state index contributed by atoms with van der Waals surface area (Å²) < 4.78 is 9.87. The van der Waals surface area contributed by atoms with Crippen LogP contribution in [0.2, 0.25) is 0 Å². The number of hydrogen-bond acceptors (Lipinski definition) is 7. The zero-order valence-electron chi connectivity index (χ0n) is 20.0. The van der Waals surface area contributed by atoms with Crippen LogP contribution in [0.3, 0.4) is 0 Å². The lowest BCUT2D eigenvalue weighted by Crippen LogP contribution is -2.51. The van der Waals surface area contributed by atoms with Gasteiger partial charge in [-0.1, -0.05) is 0 Å². The fraction of sp³-hybridized carbons (Fsp3) is 0.375. The van der Waals surface area contributed by atoms with E-state index >= 15 is 0 Å². The Morgan fingerprint density at radius 1 is 1.24 bits per heavy atom. The molecule has 5 heterocycles. The van der Waals surface area contributed by atoms with E-state index in [1.807, 2.05) is 36.1 Å². The van der Waals surface area contributed by atoms with Gasteiger partial charge in [0.1, 0.15) is 17.9 Å². The Balaban J connectivity index is 1.64. The second kappa shape index (κ2) is 8.12. The van der Waals surface area contributed by atoms with Crippen molar-refractivity contribution in [2.24, 2.45) is 7.05 Å². The van der Waals surface area contributed by atoms with Crippen LogP contribution in [0.5, 0.6) is 5.75 Å². The van der Waals surface area contributed by atoms with Gasteiger partial charge in [-0.3, -0.25) is 9.48 Å². The van der Waals surface area contributed by atoms with Gasteiger partial charge in [-0.15, -0.1) is 0 Å². The van der Waals surface area contributed by atoms with Gasteiger partial charge < -0.3 is 19.5 Å². The maximum atomic E-state index is 12.2. The summed E-state index contributed by atoms with van der Waals surface area (Å²) in [6, 6.07) is 5.70. The number of rotatable bonds is 5. The number of imidazole rings is 1. The molecule has 1 N–H and O–H groups in total. The third-order valence-electron chi connectivity index (χ3n) is 6.14. The molecule has 1 aliphatic heterocycles. The van der Waals surface area contributed by atoms with Gasteiger partial charge in [0.25, 0.3) is 5.91 Å². The van der Waals surface area contributed by atoms with Gasteiger partial charge in [-0.25, -0.2) is 15.0 Å². The van der Waals surface area contributed by atoms with Gasteiger partial charge in [0.15, 0.2) is 17.2 Å². The second-order valence-corrected chi connectivity index (χ2v) is 9.04. The minimum atomic E-state index is -0.207. The Bertz CT molecular complexity index is 1390. The summed E-state index contributed by atoms with van der Waals surface area (Å²) in [5.41, 5.74) is 3.30. The van der Waals surface area contributed by atoms with E-state index in [1.54, 1.807) is 24.0 Å². The molecule has 10 nitrogen and oxygen atoms in total. The quantitative estimate of drug-likeness (QED) is 0.488. The Morgan fingerprint density at radius 3 is 2.76 bits per heavy atom. The number of hydrogen-bond donors (Lipinski definition) is 1. The van der Waals surface area contributed by atoms with Crippen LogP contribution >= 0.6 is 0 Å². The summed E-state index contributed by atoms with van der Waals surface area (Å²) in [6.07, 6.45) is 5.29. The monoisotopic (exact) mass is 460 g/mol. The predicted molar refractivity (Wildman–Crippen MR) is 129 cm³/mol. The van der Waals surface area contributed by atoms with E-state index in [2.05, 4.69) is 41.1 Å². The second-order valence-electron chi connectivity index (χ2n) is 9.04. The van der Waals surface area contributed by atoms with Gasteiger partial charge in [0.2, 0.25) is 0 Å². The maximum absolute atomic E-state index is 12.2. The third kappa shape index (κ3) is 3.64. The Kier molecular flexibility index (Phi) is 5.22. The number of anilines is 1. The van der Waals surface area contributed by atoms with E-state index in [4.69, 9.17) is 14.7 Å². The van der Waals surface area contributed by atoms with Crippen LogP contribution in [0.25, 0.3) is 22.6 Å². The topological polar surface area (TPSA) is 103 Å². The van der Waals surface area contributed by atoms with Crippen molar-refractivity contribution < 1.29 is 9.53 Å². The Labute approximate surface area is 197 Å². The highest BCUT2D eigenvalue weighted by Crippen LogP contribution is 2.38. The summed E-state index contributed by atoms with van der Waals surface area (Å²) in [5.74, 6) is 2.04. The average Bonchev–Trinajstić information content (AvgIpc) is 3.40. The highest BCUT2D eigenvalue weighted by Gasteiger charge is 2.34. The molecule has 0 aliphatic carbocycles. The van der Waals surface area contributed by atoms with Crippen molar-refractivity contribution in [3.8, 4) is 17.1 Å². The van der Waals surface area contributed by atoms with Gasteiger partial charge in [-0.2, -0.15) is 5.10 Å². The van der Waals surface area contributed by atoms with Crippen LogP contribution in [0.4, 0.5) is 5.82 Å². The van der Waals surface area contributed by atoms with Crippen molar-refractivity contribution in [1.29, 1.82) is 0 Å². The van der Waals surface area contributed by atoms with Gasteiger partial charge in [0, 0.05) is 44.8 Å². The predicted octanol–water partition coefficient (Wildman–Crippen LogP) is 2.63. The van der Waals surface area contributed by atoms with Crippen LogP contribution in [0.15, 0.2) is 36.8 Å². The minimum absolute atomic E-state index is 0.136. The number of nitrogens with one attached hydrogen (secondary N) is 1. The van der Waals surface area contributed by atoms with E-state index < -0.39 is 0 Å². The normalized spacial score (nSPS) is 14.7. The van der Waals surface area contributed by atoms with E-state index in [9.17, 15) is 4.79 Å². The fourth-order valence-corrected chi connectivity index (χ4v) is 4.42. The summed E-state index contributed by atoms with van der Waals surface area (Å²) in [4.78, 5) is 28.6. The minimum Gasteiger partial charge on any atom is -0.487 e. The zero-order valence-corrected chi connectivity index (χ0v) is 20.0. The molecule has 4 aromatic heterocycles. The number of aryl methyl sites for hydroxylation is 1. The molecule has 0 aromatic carbocycles. The maximum Gasteiger partial charge on any atom is 0.252 e. The summed E-state index contributed by atoms with van der Waals surface area (Å²) in [6.45, 7) is 8.30. The lowest BCUT2D eigenvalue weighted by atomic mass is 10.0.